The molecule has 0 spiro atoms. The second-order valence-electron chi connectivity index (χ2n) is 5.16. The zero-order valence-corrected chi connectivity index (χ0v) is 12.7. The smallest absolute Gasteiger partial charge is 0.241 e. The fraction of sp³-hybridized carbons (Fsp3) is 0.353. The summed E-state index contributed by atoms with van der Waals surface area (Å²) in [5, 5.41) is 2.83. The first-order valence-corrected chi connectivity index (χ1v) is 7.44. The van der Waals surface area contributed by atoms with Crippen molar-refractivity contribution in [2.24, 2.45) is 5.73 Å². The number of nitrogens with two attached hydrogens (primary N) is 1. The van der Waals surface area contributed by atoms with Crippen LogP contribution in [0.25, 0.3) is 0 Å². The molecule has 22 heavy (non-hydrogen) atoms. The highest BCUT2D eigenvalue weighted by atomic mass is 16.5. The molecule has 3 N–H and O–H groups in total. The van der Waals surface area contributed by atoms with Gasteiger partial charge in [0.2, 0.25) is 5.91 Å². The average Bonchev–Trinajstić information content (AvgIpc) is 3.01. The van der Waals surface area contributed by atoms with E-state index in [1.54, 1.807) is 6.26 Å². The first kappa shape index (κ1) is 16.3. The van der Waals surface area contributed by atoms with Crippen LogP contribution in [0.2, 0.25) is 0 Å². The predicted molar refractivity (Wildman–Crippen MR) is 85.2 cm³/mol. The molecule has 0 radical (unpaired) electrons. The van der Waals surface area contributed by atoms with Crippen molar-refractivity contribution in [1.29, 1.82) is 0 Å². The molecule has 0 bridgehead atoms. The highest BCUT2D eigenvalue weighted by Gasteiger charge is 2.12. The van der Waals surface area contributed by atoms with Crippen LogP contribution in [0.5, 0.6) is 0 Å². The van der Waals surface area contributed by atoms with Gasteiger partial charge in [0.1, 0.15) is 12.4 Å². The Labute approximate surface area is 130 Å². The van der Waals surface area contributed by atoms with Crippen LogP contribution < -0.4 is 11.1 Å². The fourth-order valence-electron chi connectivity index (χ4n) is 2.08. The van der Waals surface area contributed by atoms with Crippen LogP contribution in [0, 0.1) is 0 Å². The van der Waals surface area contributed by atoms with Gasteiger partial charge in [0.25, 0.3) is 0 Å². The van der Waals surface area contributed by atoms with Crippen molar-refractivity contribution in [2.45, 2.75) is 39.0 Å². The zero-order chi connectivity index (χ0) is 15.8. The van der Waals surface area contributed by atoms with E-state index in [4.69, 9.17) is 14.9 Å². The monoisotopic (exact) mass is 302 g/mol. The molecule has 1 aromatic heterocycles. The Morgan fingerprint density at radius 1 is 1.32 bits per heavy atom. The van der Waals surface area contributed by atoms with Crippen molar-refractivity contribution in [3.05, 3.63) is 54.0 Å². The van der Waals surface area contributed by atoms with Crippen LogP contribution in [0.1, 0.15) is 31.1 Å². The molecule has 118 valence electrons. The van der Waals surface area contributed by atoms with Gasteiger partial charge in [-0.2, -0.15) is 0 Å². The maximum absolute atomic E-state index is 11.9. The van der Waals surface area contributed by atoms with E-state index in [-0.39, 0.29) is 5.91 Å². The first-order chi connectivity index (χ1) is 10.7. The molecule has 5 nitrogen and oxygen atoms in total. The Hall–Kier alpha value is -2.11. The van der Waals surface area contributed by atoms with E-state index in [1.807, 2.05) is 43.3 Å². The fourth-order valence-corrected chi connectivity index (χ4v) is 2.08. The minimum Gasteiger partial charge on any atom is -0.467 e. The second kappa shape index (κ2) is 8.36. The van der Waals surface area contributed by atoms with Gasteiger partial charge in [-0.25, -0.2) is 0 Å². The molecule has 1 aromatic carbocycles. The number of hydrogen-bond donors (Lipinski definition) is 2. The number of carbonyl (C=O) groups is 1. The number of hydrogen-bond acceptors (Lipinski definition) is 4. The van der Waals surface area contributed by atoms with Gasteiger partial charge in [-0.1, -0.05) is 25.5 Å². The van der Waals surface area contributed by atoms with Gasteiger partial charge in [-0.3, -0.25) is 4.79 Å². The second-order valence-corrected chi connectivity index (χ2v) is 5.16. The molecule has 5 heteroatoms. The summed E-state index contributed by atoms with van der Waals surface area (Å²) in [7, 11) is 0. The summed E-state index contributed by atoms with van der Waals surface area (Å²) in [4.78, 5) is 11.9. The average molecular weight is 302 g/mol. The number of ether oxygens (including phenoxy) is 1. The molecular weight excluding hydrogens is 280 g/mol. The molecule has 2 aromatic rings. The van der Waals surface area contributed by atoms with E-state index in [0.717, 1.165) is 23.4 Å². The molecule has 0 saturated heterocycles. The summed E-state index contributed by atoms with van der Waals surface area (Å²) in [6, 6.07) is 10.8. The molecule has 0 aliphatic rings. The van der Waals surface area contributed by atoms with Crippen LogP contribution in [0.15, 0.2) is 47.1 Å². The summed E-state index contributed by atoms with van der Waals surface area (Å²) < 4.78 is 10.8. The number of rotatable bonds is 8. The number of carbonyl (C=O) groups excluding carboxylic acids is 1. The molecule has 1 heterocycles. The van der Waals surface area contributed by atoms with Gasteiger partial charge < -0.3 is 20.2 Å². The van der Waals surface area contributed by atoms with Crippen molar-refractivity contribution in [2.75, 3.05) is 5.32 Å². The molecule has 0 aliphatic heterocycles. The van der Waals surface area contributed by atoms with E-state index in [2.05, 4.69) is 5.32 Å². The summed E-state index contributed by atoms with van der Waals surface area (Å²) in [6.45, 7) is 2.88. The largest absolute Gasteiger partial charge is 0.467 e. The van der Waals surface area contributed by atoms with Crippen molar-refractivity contribution in [3.63, 3.8) is 0 Å². The Bertz CT molecular complexity index is 581. The molecule has 0 aliphatic carbocycles. The van der Waals surface area contributed by atoms with Crippen LogP contribution >= 0.6 is 0 Å². The lowest BCUT2D eigenvalue weighted by Gasteiger charge is -2.12. The predicted octanol–water partition coefficient (Wildman–Crippen LogP) is 3.06. The van der Waals surface area contributed by atoms with E-state index in [9.17, 15) is 4.79 Å². The molecule has 0 fully saturated rings. The number of furan rings is 1. The first-order valence-electron chi connectivity index (χ1n) is 7.44. The minimum absolute atomic E-state index is 0.157. The SMILES string of the molecule is CCCC(N)C(=O)Nc1cccc(COCc2ccco2)c1. The third-order valence-electron chi connectivity index (χ3n) is 3.22. The lowest BCUT2D eigenvalue weighted by atomic mass is 10.1. The standard InChI is InChI=1S/C17H22N2O3/c1-2-5-16(18)17(20)19-14-7-3-6-13(10-14)11-21-12-15-8-4-9-22-15/h3-4,6-10,16H,2,5,11-12,18H2,1H3,(H,19,20). The van der Waals surface area contributed by atoms with E-state index in [0.29, 0.717) is 19.6 Å². The van der Waals surface area contributed by atoms with Crippen LogP contribution in [0.3, 0.4) is 0 Å². The molecule has 0 saturated carbocycles. The molecule has 2 rings (SSSR count). The Balaban J connectivity index is 1.85. The summed E-state index contributed by atoms with van der Waals surface area (Å²) >= 11 is 0. The van der Waals surface area contributed by atoms with Gasteiger partial charge >= 0.3 is 0 Å². The van der Waals surface area contributed by atoms with Gasteiger partial charge in [-0.15, -0.1) is 0 Å². The minimum atomic E-state index is -0.469. The summed E-state index contributed by atoms with van der Waals surface area (Å²) in [6.07, 6.45) is 3.18. The van der Waals surface area contributed by atoms with Gasteiger partial charge in [-0.05, 0) is 36.2 Å². The van der Waals surface area contributed by atoms with E-state index in [1.165, 1.54) is 0 Å². The highest BCUT2D eigenvalue weighted by Crippen LogP contribution is 2.13. The number of amides is 1. The van der Waals surface area contributed by atoms with Crippen molar-refractivity contribution < 1.29 is 13.9 Å². The summed E-state index contributed by atoms with van der Waals surface area (Å²) in [5.41, 5.74) is 7.51. The molecule has 1 unspecified atom stereocenters. The molecule has 1 amide bonds. The molecule has 1 atom stereocenters. The quantitative estimate of drug-likeness (QED) is 0.785. The van der Waals surface area contributed by atoms with Crippen molar-refractivity contribution >= 4 is 11.6 Å². The van der Waals surface area contributed by atoms with Crippen LogP contribution in [0.4, 0.5) is 5.69 Å². The van der Waals surface area contributed by atoms with Crippen LogP contribution in [-0.4, -0.2) is 11.9 Å². The van der Waals surface area contributed by atoms with Gasteiger partial charge in [0.05, 0.1) is 18.9 Å². The maximum atomic E-state index is 11.9. The van der Waals surface area contributed by atoms with E-state index >= 15 is 0 Å². The topological polar surface area (TPSA) is 77.5 Å². The van der Waals surface area contributed by atoms with E-state index < -0.39 is 6.04 Å². The lowest BCUT2D eigenvalue weighted by Crippen LogP contribution is -2.35. The molecular formula is C17H22N2O3. The maximum Gasteiger partial charge on any atom is 0.241 e. The lowest BCUT2D eigenvalue weighted by molar-refractivity contribution is -0.117. The third-order valence-corrected chi connectivity index (χ3v) is 3.22. The zero-order valence-electron chi connectivity index (χ0n) is 12.7. The van der Waals surface area contributed by atoms with Crippen molar-refractivity contribution in [1.82, 2.24) is 0 Å². The van der Waals surface area contributed by atoms with Gasteiger partial charge in [0, 0.05) is 5.69 Å². The third kappa shape index (κ3) is 5.02. The number of nitrogens with one attached hydrogen (secondary N) is 1. The van der Waals surface area contributed by atoms with Crippen molar-refractivity contribution in [3.8, 4) is 0 Å². The van der Waals surface area contributed by atoms with Crippen LogP contribution in [-0.2, 0) is 22.7 Å². The Kier molecular flexibility index (Phi) is 6.18. The Morgan fingerprint density at radius 2 is 2.18 bits per heavy atom. The summed E-state index contributed by atoms with van der Waals surface area (Å²) in [5.74, 6) is 0.630. The number of benzene rings is 1. The number of anilines is 1. The normalized spacial score (nSPS) is 12.1. The Morgan fingerprint density at radius 3 is 2.91 bits per heavy atom. The highest BCUT2D eigenvalue weighted by molar-refractivity contribution is 5.94. The van der Waals surface area contributed by atoms with Gasteiger partial charge in [0.15, 0.2) is 0 Å².